The molecule has 0 radical (unpaired) electrons. The van der Waals surface area contributed by atoms with Crippen molar-refractivity contribution in [3.05, 3.63) is 0 Å². The van der Waals surface area contributed by atoms with Gasteiger partial charge in [-0.05, 0) is 11.8 Å². The molecule has 120 valence electrons. The Morgan fingerprint density at radius 2 is 0.944 bits per heavy atom. The first-order valence-corrected chi connectivity index (χ1v) is 6.95. The minimum absolute atomic E-state index is 0. The lowest BCUT2D eigenvalue weighted by atomic mass is 10.1. The average Bonchev–Trinajstić information content (AvgIpc) is 2.16. The fourth-order valence-corrected chi connectivity index (χ4v) is 0.612. The van der Waals surface area contributed by atoms with Crippen LogP contribution in [0.3, 0.4) is 0 Å². The Balaban J connectivity index is -0.0000000296. The van der Waals surface area contributed by atoms with Crippen molar-refractivity contribution in [1.29, 1.82) is 0 Å². The SMILES string of the molecule is C.C.C.CCC.CCC(C)C.CCCCC(C)C. The molecule has 0 spiro atoms. The van der Waals surface area contributed by atoms with Crippen LogP contribution in [0, 0.1) is 11.8 Å². The van der Waals surface area contributed by atoms with Crippen LogP contribution in [0.1, 0.15) is 110 Å². The molecule has 0 aliphatic heterocycles. The molecule has 0 amide bonds. The topological polar surface area (TPSA) is 0 Å². The number of rotatable bonds is 4. The van der Waals surface area contributed by atoms with Crippen molar-refractivity contribution in [3.63, 3.8) is 0 Å². The summed E-state index contributed by atoms with van der Waals surface area (Å²) >= 11 is 0. The first kappa shape index (κ1) is 36.1. The first-order valence-electron chi connectivity index (χ1n) is 6.95. The summed E-state index contributed by atoms with van der Waals surface area (Å²) in [6, 6.07) is 0. The monoisotopic (exact) mass is 264 g/mol. The highest BCUT2D eigenvalue weighted by Crippen LogP contribution is 2.04. The van der Waals surface area contributed by atoms with Crippen molar-refractivity contribution >= 4 is 0 Å². The average molecular weight is 265 g/mol. The zero-order valence-electron chi connectivity index (χ0n) is 12.7. The van der Waals surface area contributed by atoms with Crippen molar-refractivity contribution in [2.75, 3.05) is 0 Å². The maximum atomic E-state index is 2.27. The molecule has 0 aromatic rings. The molecule has 18 heavy (non-hydrogen) atoms. The van der Waals surface area contributed by atoms with Gasteiger partial charge in [0.2, 0.25) is 0 Å². The lowest BCUT2D eigenvalue weighted by Gasteiger charge is -1.98. The molecule has 0 aromatic heterocycles. The van der Waals surface area contributed by atoms with Gasteiger partial charge in [-0.25, -0.2) is 0 Å². The molecule has 0 aliphatic rings. The third-order valence-electron chi connectivity index (χ3n) is 1.95. The van der Waals surface area contributed by atoms with Crippen molar-refractivity contribution in [2.24, 2.45) is 11.8 Å². The van der Waals surface area contributed by atoms with E-state index in [2.05, 4.69) is 55.4 Å². The number of hydrogen-bond acceptors (Lipinski definition) is 0. The van der Waals surface area contributed by atoms with Gasteiger partial charge in [0.05, 0.1) is 0 Å². The summed E-state index contributed by atoms with van der Waals surface area (Å²) in [7, 11) is 0. The largest absolute Gasteiger partial charge is 0.0776 e. The van der Waals surface area contributed by atoms with Crippen LogP contribution in [0.15, 0.2) is 0 Å². The van der Waals surface area contributed by atoms with E-state index in [-0.39, 0.29) is 22.3 Å². The minimum atomic E-state index is 0. The molecule has 0 N–H and O–H groups in total. The third kappa shape index (κ3) is 100. The quantitative estimate of drug-likeness (QED) is 0.480. The van der Waals surface area contributed by atoms with E-state index in [1.54, 1.807) is 0 Å². The zero-order chi connectivity index (χ0) is 12.7. The van der Waals surface area contributed by atoms with E-state index in [0.29, 0.717) is 0 Å². The van der Waals surface area contributed by atoms with Gasteiger partial charge in [0, 0.05) is 0 Å². The van der Waals surface area contributed by atoms with Crippen molar-refractivity contribution in [1.82, 2.24) is 0 Å². The number of unbranched alkanes of at least 4 members (excludes halogenated alkanes) is 1. The molecule has 0 nitrogen and oxygen atoms in total. The van der Waals surface area contributed by atoms with E-state index in [1.165, 1.54) is 32.1 Å². The van der Waals surface area contributed by atoms with Gasteiger partial charge in [0.15, 0.2) is 0 Å². The zero-order valence-corrected chi connectivity index (χ0v) is 12.7. The predicted molar refractivity (Wildman–Crippen MR) is 95.7 cm³/mol. The molecular weight excluding hydrogens is 216 g/mol. The Morgan fingerprint density at radius 1 is 0.667 bits per heavy atom. The molecule has 0 bridgehead atoms. The van der Waals surface area contributed by atoms with E-state index in [4.69, 9.17) is 0 Å². The van der Waals surface area contributed by atoms with Crippen LogP contribution >= 0.6 is 0 Å². The summed E-state index contributed by atoms with van der Waals surface area (Å²) in [6.07, 6.45) is 6.70. The lowest BCUT2D eigenvalue weighted by molar-refractivity contribution is 0.550. The van der Waals surface area contributed by atoms with Gasteiger partial charge in [0.1, 0.15) is 0 Å². The lowest BCUT2D eigenvalue weighted by Crippen LogP contribution is -1.83. The van der Waals surface area contributed by atoms with E-state index in [1.807, 2.05) is 0 Å². The summed E-state index contributed by atoms with van der Waals surface area (Å²) < 4.78 is 0. The van der Waals surface area contributed by atoms with Crippen LogP contribution in [-0.4, -0.2) is 0 Å². The van der Waals surface area contributed by atoms with Crippen LogP contribution in [0.4, 0.5) is 0 Å². The molecular formula is C18H48. The second-order valence-electron chi connectivity index (χ2n) is 5.05. The molecule has 0 aliphatic carbocycles. The summed E-state index contributed by atoms with van der Waals surface area (Å²) in [5, 5.41) is 0. The molecule has 0 heterocycles. The van der Waals surface area contributed by atoms with E-state index in [0.717, 1.165) is 11.8 Å². The molecule has 0 aromatic carbocycles. The molecule has 0 rings (SSSR count). The van der Waals surface area contributed by atoms with Gasteiger partial charge in [-0.2, -0.15) is 0 Å². The maximum Gasteiger partial charge on any atom is -0.0471 e. The van der Waals surface area contributed by atoms with Crippen LogP contribution in [0.25, 0.3) is 0 Å². The molecule has 0 unspecified atom stereocenters. The Labute approximate surface area is 122 Å². The fourth-order valence-electron chi connectivity index (χ4n) is 0.612. The van der Waals surface area contributed by atoms with Crippen molar-refractivity contribution in [3.8, 4) is 0 Å². The second kappa shape index (κ2) is 36.0. The normalized spacial score (nSPS) is 7.67. The molecule has 0 heteroatoms. The van der Waals surface area contributed by atoms with Gasteiger partial charge >= 0.3 is 0 Å². The van der Waals surface area contributed by atoms with Gasteiger partial charge in [-0.3, -0.25) is 0 Å². The summed E-state index contributed by atoms with van der Waals surface area (Å²) in [4.78, 5) is 0. The van der Waals surface area contributed by atoms with Crippen molar-refractivity contribution in [2.45, 2.75) is 110 Å². The highest BCUT2D eigenvalue weighted by atomic mass is 13.9. The van der Waals surface area contributed by atoms with E-state index >= 15 is 0 Å². The van der Waals surface area contributed by atoms with Crippen LogP contribution < -0.4 is 0 Å². The summed E-state index contributed by atoms with van der Waals surface area (Å²) in [5.74, 6) is 1.79. The molecule has 0 saturated carbocycles. The summed E-state index contributed by atoms with van der Waals surface area (Å²) in [6.45, 7) is 17.7. The Kier molecular flexibility index (Phi) is 72.2. The van der Waals surface area contributed by atoms with Crippen LogP contribution in [-0.2, 0) is 0 Å². The Morgan fingerprint density at radius 3 is 1.00 bits per heavy atom. The standard InChI is InChI=1S/C7H16.C5H12.C3H8.3CH4/c1-4-5-6-7(2)3;1-4-5(2)3;1-3-2;;;/h7H,4-6H2,1-3H3;5H,4H2,1-3H3;3H2,1-2H3;3*1H4. The van der Waals surface area contributed by atoms with Crippen LogP contribution in [0.5, 0.6) is 0 Å². The van der Waals surface area contributed by atoms with Crippen molar-refractivity contribution < 1.29 is 0 Å². The molecule has 0 saturated heterocycles. The van der Waals surface area contributed by atoms with Gasteiger partial charge < -0.3 is 0 Å². The number of hydrogen-bond donors (Lipinski definition) is 0. The van der Waals surface area contributed by atoms with Gasteiger partial charge in [-0.1, -0.05) is 110 Å². The van der Waals surface area contributed by atoms with Gasteiger partial charge in [-0.15, -0.1) is 0 Å². The second-order valence-corrected chi connectivity index (χ2v) is 5.05. The van der Waals surface area contributed by atoms with Crippen LogP contribution in [0.2, 0.25) is 0 Å². The third-order valence-corrected chi connectivity index (χ3v) is 1.95. The fraction of sp³-hybridized carbons (Fsp3) is 1.00. The highest BCUT2D eigenvalue weighted by molar-refractivity contribution is 4.42. The highest BCUT2D eigenvalue weighted by Gasteiger charge is 1.88. The maximum absolute atomic E-state index is 2.27. The summed E-state index contributed by atoms with van der Waals surface area (Å²) in [5.41, 5.74) is 0. The predicted octanol–water partition coefficient (Wildman–Crippen LogP) is 8.21. The smallest absolute Gasteiger partial charge is 0.0471 e. The van der Waals surface area contributed by atoms with Gasteiger partial charge in [0.25, 0.3) is 0 Å². The Bertz CT molecular complexity index is 72.1. The molecule has 0 atom stereocenters. The minimum Gasteiger partial charge on any atom is -0.0776 e. The van der Waals surface area contributed by atoms with E-state index in [9.17, 15) is 0 Å². The molecule has 0 fully saturated rings. The first-order chi connectivity index (χ1) is 6.95. The Hall–Kier alpha value is 0. The van der Waals surface area contributed by atoms with E-state index < -0.39 is 0 Å².